The van der Waals surface area contributed by atoms with Crippen molar-refractivity contribution < 1.29 is 14.6 Å². The summed E-state index contributed by atoms with van der Waals surface area (Å²) < 4.78 is 8.17. The maximum Gasteiger partial charge on any atom is 0.506 e. The SMILES string of the molecule is CCCCCC(Cc1c(I)cc(I)c(N)c1I)OC(=O)O. The molecule has 0 spiro atoms. The standard InChI is InChI=1S/C14H18I3NO3/c1-2-3-4-5-8(21-14(19)20)6-9-10(15)7-11(16)13(18)12(9)17/h7-8H,2-6,18H2,1H3,(H,19,20). The lowest BCUT2D eigenvalue weighted by molar-refractivity contribution is 0.0471. The maximum absolute atomic E-state index is 10.9. The van der Waals surface area contributed by atoms with Gasteiger partial charge in [0.1, 0.15) is 6.10 Å². The molecule has 0 radical (unpaired) electrons. The van der Waals surface area contributed by atoms with Crippen molar-refractivity contribution in [3.63, 3.8) is 0 Å². The largest absolute Gasteiger partial charge is 0.506 e. The molecule has 0 aliphatic heterocycles. The molecule has 3 N–H and O–H groups in total. The highest BCUT2D eigenvalue weighted by molar-refractivity contribution is 14.1. The topological polar surface area (TPSA) is 72.5 Å². The monoisotopic (exact) mass is 629 g/mol. The average molecular weight is 629 g/mol. The van der Waals surface area contributed by atoms with E-state index in [1.807, 2.05) is 6.07 Å². The van der Waals surface area contributed by atoms with Crippen molar-refractivity contribution in [2.24, 2.45) is 0 Å². The number of benzene rings is 1. The molecule has 0 saturated heterocycles. The number of hydrogen-bond acceptors (Lipinski definition) is 3. The number of anilines is 1. The van der Waals surface area contributed by atoms with Crippen LogP contribution in [-0.4, -0.2) is 17.4 Å². The lowest BCUT2D eigenvalue weighted by Gasteiger charge is -2.19. The third kappa shape index (κ3) is 6.24. The van der Waals surface area contributed by atoms with Crippen LogP contribution in [0.1, 0.15) is 38.2 Å². The van der Waals surface area contributed by atoms with Gasteiger partial charge in [-0.2, -0.15) is 0 Å². The van der Waals surface area contributed by atoms with Gasteiger partial charge in [0.2, 0.25) is 0 Å². The molecule has 1 aromatic rings. The first-order valence-corrected chi connectivity index (χ1v) is 9.91. The van der Waals surface area contributed by atoms with E-state index >= 15 is 0 Å². The van der Waals surface area contributed by atoms with E-state index in [0.717, 1.165) is 47.6 Å². The van der Waals surface area contributed by atoms with Gasteiger partial charge in [-0.3, -0.25) is 0 Å². The van der Waals surface area contributed by atoms with E-state index in [0.29, 0.717) is 6.42 Å². The van der Waals surface area contributed by atoms with Crippen molar-refractivity contribution in [3.05, 3.63) is 22.3 Å². The van der Waals surface area contributed by atoms with Crippen LogP contribution in [0, 0.1) is 10.7 Å². The van der Waals surface area contributed by atoms with Gasteiger partial charge in [0.05, 0.1) is 5.69 Å². The van der Waals surface area contributed by atoms with Crippen molar-refractivity contribution in [2.45, 2.75) is 45.1 Å². The first-order chi connectivity index (χ1) is 9.86. The number of hydrogen-bond donors (Lipinski definition) is 2. The van der Waals surface area contributed by atoms with Crippen molar-refractivity contribution in [1.82, 2.24) is 0 Å². The minimum atomic E-state index is -1.21. The normalized spacial score (nSPS) is 12.2. The fourth-order valence-corrected chi connectivity index (χ4v) is 5.84. The first kappa shape index (κ1) is 19.5. The number of carboxylic acid groups (broad SMARTS) is 1. The zero-order valence-electron chi connectivity index (χ0n) is 11.7. The fraction of sp³-hybridized carbons (Fsp3) is 0.500. The van der Waals surface area contributed by atoms with Gasteiger partial charge in [-0.1, -0.05) is 19.8 Å². The molecule has 0 bridgehead atoms. The molecule has 1 atom stereocenters. The van der Waals surface area contributed by atoms with Crippen LogP contribution in [0.3, 0.4) is 0 Å². The molecule has 7 heteroatoms. The number of halogens is 3. The Kier molecular flexibility index (Phi) is 8.91. The van der Waals surface area contributed by atoms with Gasteiger partial charge in [-0.25, -0.2) is 4.79 Å². The summed E-state index contributed by atoms with van der Waals surface area (Å²) in [5.41, 5.74) is 7.91. The van der Waals surface area contributed by atoms with E-state index in [-0.39, 0.29) is 6.10 Å². The predicted molar refractivity (Wildman–Crippen MR) is 110 cm³/mol. The third-order valence-electron chi connectivity index (χ3n) is 3.13. The van der Waals surface area contributed by atoms with E-state index in [4.69, 9.17) is 15.6 Å². The Hall–Kier alpha value is 0.480. The van der Waals surface area contributed by atoms with Crippen LogP contribution in [0.15, 0.2) is 6.07 Å². The van der Waals surface area contributed by atoms with Crippen LogP contribution in [0.25, 0.3) is 0 Å². The second-order valence-corrected chi connectivity index (χ2v) is 8.16. The van der Waals surface area contributed by atoms with Crippen molar-refractivity contribution >= 4 is 79.6 Å². The Balaban J connectivity index is 2.92. The Labute approximate surface area is 166 Å². The van der Waals surface area contributed by atoms with Gasteiger partial charge in [0.25, 0.3) is 0 Å². The van der Waals surface area contributed by atoms with Crippen molar-refractivity contribution in [3.8, 4) is 0 Å². The van der Waals surface area contributed by atoms with Gasteiger partial charge < -0.3 is 15.6 Å². The van der Waals surface area contributed by atoms with Crippen LogP contribution >= 0.6 is 67.8 Å². The number of rotatable bonds is 7. The smallest absolute Gasteiger partial charge is 0.450 e. The van der Waals surface area contributed by atoms with Gasteiger partial charge in [-0.05, 0) is 92.2 Å². The van der Waals surface area contributed by atoms with Crippen LogP contribution in [-0.2, 0) is 11.2 Å². The van der Waals surface area contributed by atoms with Gasteiger partial charge in [0.15, 0.2) is 0 Å². The van der Waals surface area contributed by atoms with Gasteiger partial charge in [-0.15, -0.1) is 0 Å². The molecule has 1 unspecified atom stereocenters. The maximum atomic E-state index is 10.9. The van der Waals surface area contributed by atoms with Gasteiger partial charge >= 0.3 is 6.16 Å². The van der Waals surface area contributed by atoms with Crippen molar-refractivity contribution in [1.29, 1.82) is 0 Å². The summed E-state index contributed by atoms with van der Waals surface area (Å²) in [6, 6.07) is 2.03. The summed E-state index contributed by atoms with van der Waals surface area (Å²) in [5.74, 6) is 0. The zero-order chi connectivity index (χ0) is 16.0. The molecule has 4 nitrogen and oxygen atoms in total. The molecule has 0 amide bonds. The molecule has 0 aliphatic carbocycles. The lowest BCUT2D eigenvalue weighted by atomic mass is 10.0. The zero-order valence-corrected chi connectivity index (χ0v) is 18.1. The Morgan fingerprint density at radius 1 is 1.33 bits per heavy atom. The summed E-state index contributed by atoms with van der Waals surface area (Å²) in [4.78, 5) is 10.9. The average Bonchev–Trinajstić information content (AvgIpc) is 2.40. The van der Waals surface area contributed by atoms with E-state index in [1.165, 1.54) is 0 Å². The Morgan fingerprint density at radius 2 is 2.00 bits per heavy atom. The summed E-state index contributed by atoms with van der Waals surface area (Å²) in [7, 11) is 0. The molecule has 1 aromatic carbocycles. The minimum absolute atomic E-state index is 0.310. The number of carbonyl (C=O) groups is 1. The number of nitrogens with two attached hydrogens (primary N) is 1. The molecule has 118 valence electrons. The summed E-state index contributed by atoms with van der Waals surface area (Å²) in [5, 5.41) is 8.90. The highest BCUT2D eigenvalue weighted by Gasteiger charge is 2.19. The quantitative estimate of drug-likeness (QED) is 0.187. The van der Waals surface area contributed by atoms with E-state index in [2.05, 4.69) is 74.7 Å². The van der Waals surface area contributed by atoms with Gasteiger partial charge in [0, 0.05) is 17.1 Å². The highest BCUT2D eigenvalue weighted by Crippen LogP contribution is 2.31. The van der Waals surface area contributed by atoms with E-state index < -0.39 is 6.16 Å². The second-order valence-electron chi connectivity index (χ2n) is 4.75. The number of ether oxygens (including phenoxy) is 1. The summed E-state index contributed by atoms with van der Waals surface area (Å²) >= 11 is 6.72. The molecule has 21 heavy (non-hydrogen) atoms. The number of nitrogen functional groups attached to an aromatic ring is 1. The Bertz CT molecular complexity index is 509. The van der Waals surface area contributed by atoms with E-state index in [1.54, 1.807) is 0 Å². The highest BCUT2D eigenvalue weighted by atomic mass is 127. The lowest BCUT2D eigenvalue weighted by Crippen LogP contribution is -2.21. The van der Waals surface area contributed by atoms with Crippen LogP contribution in [0.2, 0.25) is 0 Å². The fourth-order valence-electron chi connectivity index (χ4n) is 2.03. The molecular weight excluding hydrogens is 611 g/mol. The van der Waals surface area contributed by atoms with Crippen molar-refractivity contribution in [2.75, 3.05) is 5.73 Å². The first-order valence-electron chi connectivity index (χ1n) is 6.68. The molecular formula is C14H18I3NO3. The minimum Gasteiger partial charge on any atom is -0.450 e. The Morgan fingerprint density at radius 3 is 2.57 bits per heavy atom. The molecule has 0 saturated carbocycles. The third-order valence-corrected chi connectivity index (χ3v) is 6.22. The molecule has 0 heterocycles. The molecule has 0 fully saturated rings. The molecule has 0 aromatic heterocycles. The molecule has 0 aliphatic rings. The van der Waals surface area contributed by atoms with Crippen LogP contribution in [0.5, 0.6) is 0 Å². The van der Waals surface area contributed by atoms with E-state index in [9.17, 15) is 4.79 Å². The van der Waals surface area contributed by atoms with Crippen LogP contribution < -0.4 is 5.73 Å². The second kappa shape index (κ2) is 9.58. The summed E-state index contributed by atoms with van der Waals surface area (Å²) in [6.45, 7) is 2.12. The van der Waals surface area contributed by atoms with Crippen LogP contribution in [0.4, 0.5) is 10.5 Å². The molecule has 1 rings (SSSR count). The summed E-state index contributed by atoms with van der Waals surface area (Å²) in [6.07, 6.45) is 2.97. The number of unbranched alkanes of at least 4 members (excludes halogenated alkanes) is 2. The predicted octanol–water partition coefficient (Wildman–Crippen LogP) is 5.27.